The Kier molecular flexibility index (Phi) is 7.27. The third-order valence-electron chi connectivity index (χ3n) is 5.22. The first-order chi connectivity index (χ1) is 15.8. The highest BCUT2D eigenvalue weighted by atomic mass is 16.5. The molecule has 10 nitrogen and oxygen atoms in total. The van der Waals surface area contributed by atoms with E-state index in [0.717, 1.165) is 0 Å². The summed E-state index contributed by atoms with van der Waals surface area (Å²) in [6.45, 7) is 5.86. The van der Waals surface area contributed by atoms with Gasteiger partial charge >= 0.3 is 5.97 Å². The number of carbonyl (C=O) groups excluding carboxylic acids is 3. The zero-order valence-electron chi connectivity index (χ0n) is 19.1. The van der Waals surface area contributed by atoms with Gasteiger partial charge in [0.05, 0.1) is 18.1 Å². The molecule has 0 unspecified atom stereocenters. The minimum atomic E-state index is -0.669. The van der Waals surface area contributed by atoms with Gasteiger partial charge in [-0.25, -0.2) is 9.48 Å². The highest BCUT2D eigenvalue weighted by Crippen LogP contribution is 2.22. The summed E-state index contributed by atoms with van der Waals surface area (Å²) in [5.41, 5.74) is 5.99. The van der Waals surface area contributed by atoms with Gasteiger partial charge < -0.3 is 9.72 Å². The highest BCUT2D eigenvalue weighted by Gasteiger charge is 2.25. The number of H-pyrrole nitrogens is 1. The molecule has 0 aliphatic rings. The van der Waals surface area contributed by atoms with Crippen LogP contribution in [0.1, 0.15) is 69.3 Å². The van der Waals surface area contributed by atoms with Gasteiger partial charge in [-0.05, 0) is 31.4 Å². The fraction of sp³-hybridized carbons (Fsp3) is 0.348. The van der Waals surface area contributed by atoms with E-state index in [1.165, 1.54) is 11.8 Å². The van der Waals surface area contributed by atoms with Gasteiger partial charge in [-0.15, -0.1) is 0 Å². The molecule has 174 valence electrons. The number of methoxy groups -OCH3 is 1. The van der Waals surface area contributed by atoms with Crippen LogP contribution in [0, 0.1) is 6.92 Å². The van der Waals surface area contributed by atoms with Crippen LogP contribution in [-0.2, 0) is 17.7 Å². The molecular formula is C23H27N5O5. The number of aromatic amines is 1. The van der Waals surface area contributed by atoms with Crippen LogP contribution in [0.15, 0.2) is 29.1 Å². The van der Waals surface area contributed by atoms with Gasteiger partial charge in [0.2, 0.25) is 0 Å². The number of nitrogens with zero attached hydrogens (tertiary/aromatic N) is 2. The molecule has 0 saturated carbocycles. The lowest BCUT2D eigenvalue weighted by Gasteiger charge is -2.12. The number of carbonyl (C=O) groups is 3. The molecule has 0 saturated heterocycles. The second-order valence-electron chi connectivity index (χ2n) is 7.55. The summed E-state index contributed by atoms with van der Waals surface area (Å²) < 4.78 is 6.08. The van der Waals surface area contributed by atoms with Crippen LogP contribution >= 0.6 is 0 Å². The number of hydrogen-bond donors (Lipinski definition) is 3. The van der Waals surface area contributed by atoms with Gasteiger partial charge in [0.25, 0.3) is 17.4 Å². The molecule has 2 heterocycles. The van der Waals surface area contributed by atoms with E-state index in [1.54, 1.807) is 31.2 Å². The van der Waals surface area contributed by atoms with E-state index in [-0.39, 0.29) is 16.9 Å². The van der Waals surface area contributed by atoms with Crippen molar-refractivity contribution in [2.45, 2.75) is 46.6 Å². The number of aryl methyl sites for hydroxylation is 2. The molecule has 0 aliphatic heterocycles. The molecule has 3 N–H and O–H groups in total. The second kappa shape index (κ2) is 10.1. The molecule has 3 rings (SSSR count). The molecule has 33 heavy (non-hydrogen) atoms. The van der Waals surface area contributed by atoms with Crippen LogP contribution in [0.2, 0.25) is 0 Å². The molecule has 10 heteroatoms. The number of rotatable bonds is 7. The molecule has 0 atom stereocenters. The standard InChI is InChI=1S/C23H27N5O5/c1-5-9-16-17(23(32)33-4)13(3)24-18(16)20(29)25-26-21(30)19-14-10-7-8-11-15(14)22(31)28(27-19)12-6-2/h7-8,10-11,24H,5-6,9,12H2,1-4H3,(H,25,29)(H,26,30). The minimum absolute atomic E-state index is 0.0191. The van der Waals surface area contributed by atoms with Gasteiger partial charge in [-0.3, -0.25) is 25.2 Å². The lowest BCUT2D eigenvalue weighted by molar-refractivity contribution is 0.0598. The maximum absolute atomic E-state index is 12.9. The van der Waals surface area contributed by atoms with Crippen molar-refractivity contribution in [1.82, 2.24) is 25.6 Å². The molecule has 2 amide bonds. The summed E-state index contributed by atoms with van der Waals surface area (Å²) in [5, 5.41) is 4.96. The van der Waals surface area contributed by atoms with Gasteiger partial charge in [-0.1, -0.05) is 38.5 Å². The van der Waals surface area contributed by atoms with Crippen molar-refractivity contribution in [3.05, 3.63) is 62.8 Å². The Balaban J connectivity index is 1.90. The van der Waals surface area contributed by atoms with E-state index in [1.807, 2.05) is 13.8 Å². The van der Waals surface area contributed by atoms with Crippen molar-refractivity contribution in [2.75, 3.05) is 7.11 Å². The number of nitrogens with one attached hydrogen (secondary N) is 3. The fourth-order valence-corrected chi connectivity index (χ4v) is 3.75. The molecular weight excluding hydrogens is 426 g/mol. The largest absolute Gasteiger partial charge is 0.465 e. The first-order valence-electron chi connectivity index (χ1n) is 10.7. The number of fused-ring (bicyclic) bond motifs is 1. The number of amides is 2. The van der Waals surface area contributed by atoms with E-state index in [9.17, 15) is 19.2 Å². The number of hydrazine groups is 1. The highest BCUT2D eigenvalue weighted by molar-refractivity contribution is 6.06. The van der Waals surface area contributed by atoms with Crippen molar-refractivity contribution >= 4 is 28.6 Å². The molecule has 2 aromatic heterocycles. The van der Waals surface area contributed by atoms with Crippen LogP contribution < -0.4 is 16.4 Å². The number of esters is 1. The van der Waals surface area contributed by atoms with Crippen molar-refractivity contribution in [3.63, 3.8) is 0 Å². The molecule has 3 aromatic rings. The van der Waals surface area contributed by atoms with Gasteiger partial charge in [0, 0.05) is 17.6 Å². The van der Waals surface area contributed by atoms with Crippen LogP contribution in [0.25, 0.3) is 10.8 Å². The molecule has 0 bridgehead atoms. The minimum Gasteiger partial charge on any atom is -0.465 e. The lowest BCUT2D eigenvalue weighted by Crippen LogP contribution is -2.43. The maximum atomic E-state index is 12.9. The second-order valence-corrected chi connectivity index (χ2v) is 7.55. The number of aromatic nitrogens is 3. The smallest absolute Gasteiger partial charge is 0.339 e. The van der Waals surface area contributed by atoms with Crippen molar-refractivity contribution < 1.29 is 19.1 Å². The third kappa shape index (κ3) is 4.64. The van der Waals surface area contributed by atoms with Gasteiger partial charge in [0.1, 0.15) is 5.69 Å². The number of ether oxygens (including phenoxy) is 1. The van der Waals surface area contributed by atoms with E-state index in [0.29, 0.717) is 53.4 Å². The topological polar surface area (TPSA) is 135 Å². The third-order valence-corrected chi connectivity index (χ3v) is 5.22. The summed E-state index contributed by atoms with van der Waals surface area (Å²) in [6, 6.07) is 6.68. The van der Waals surface area contributed by atoms with Crippen LogP contribution in [0.4, 0.5) is 0 Å². The Morgan fingerprint density at radius 3 is 2.36 bits per heavy atom. The molecule has 0 spiro atoms. The maximum Gasteiger partial charge on any atom is 0.339 e. The summed E-state index contributed by atoms with van der Waals surface area (Å²) in [5.74, 6) is -1.82. The van der Waals surface area contributed by atoms with Crippen molar-refractivity contribution in [1.29, 1.82) is 0 Å². The molecule has 1 aromatic carbocycles. The quantitative estimate of drug-likeness (QED) is 0.371. The average Bonchev–Trinajstić information content (AvgIpc) is 3.14. The fourth-order valence-electron chi connectivity index (χ4n) is 3.75. The normalized spacial score (nSPS) is 10.8. The Labute approximate surface area is 190 Å². The molecule has 0 radical (unpaired) electrons. The Bertz CT molecular complexity index is 1270. The zero-order chi connectivity index (χ0) is 24.1. The van der Waals surface area contributed by atoms with E-state index < -0.39 is 17.8 Å². The Hall–Kier alpha value is -3.95. The van der Waals surface area contributed by atoms with Gasteiger partial charge in [-0.2, -0.15) is 5.10 Å². The SMILES string of the molecule is CCCc1c(C(=O)NNC(=O)c2nn(CCC)c(=O)c3ccccc23)[nH]c(C)c1C(=O)OC. The first kappa shape index (κ1) is 23.7. The van der Waals surface area contributed by atoms with Crippen LogP contribution in [0.3, 0.4) is 0 Å². The number of hydrogen-bond acceptors (Lipinski definition) is 6. The predicted octanol–water partition coefficient (Wildman–Crippen LogP) is 2.26. The summed E-state index contributed by atoms with van der Waals surface area (Å²) in [4.78, 5) is 53.5. The van der Waals surface area contributed by atoms with E-state index in [4.69, 9.17) is 4.74 Å². The average molecular weight is 453 g/mol. The van der Waals surface area contributed by atoms with Crippen molar-refractivity contribution in [2.24, 2.45) is 0 Å². The predicted molar refractivity (Wildman–Crippen MR) is 122 cm³/mol. The summed E-state index contributed by atoms with van der Waals surface area (Å²) >= 11 is 0. The molecule has 0 fully saturated rings. The number of benzene rings is 1. The van der Waals surface area contributed by atoms with Crippen molar-refractivity contribution in [3.8, 4) is 0 Å². The molecule has 0 aliphatic carbocycles. The Morgan fingerprint density at radius 1 is 1.06 bits per heavy atom. The van der Waals surface area contributed by atoms with Crippen LogP contribution in [0.5, 0.6) is 0 Å². The van der Waals surface area contributed by atoms with E-state index in [2.05, 4.69) is 20.9 Å². The Morgan fingerprint density at radius 2 is 1.73 bits per heavy atom. The summed E-state index contributed by atoms with van der Waals surface area (Å²) in [7, 11) is 1.28. The monoisotopic (exact) mass is 453 g/mol. The summed E-state index contributed by atoms with van der Waals surface area (Å²) in [6.07, 6.45) is 1.83. The first-order valence-corrected chi connectivity index (χ1v) is 10.7. The zero-order valence-corrected chi connectivity index (χ0v) is 19.1. The lowest BCUT2D eigenvalue weighted by atomic mass is 10.0. The van der Waals surface area contributed by atoms with Gasteiger partial charge in [0.15, 0.2) is 5.69 Å². The van der Waals surface area contributed by atoms with Crippen LogP contribution in [-0.4, -0.2) is 39.7 Å². The van der Waals surface area contributed by atoms with E-state index >= 15 is 0 Å².